The van der Waals surface area contributed by atoms with E-state index in [-0.39, 0.29) is 32.0 Å². The van der Waals surface area contributed by atoms with Crippen LogP contribution in [-0.2, 0) is 32.7 Å². The fourth-order valence-corrected chi connectivity index (χ4v) is 9.77. The Morgan fingerprint density at radius 1 is 0.369 bits per heavy atom. The van der Waals surface area contributed by atoms with Crippen LogP contribution in [0, 0.1) is 0 Å². The molecular formula is C74H126NO8P. The van der Waals surface area contributed by atoms with E-state index in [1.54, 1.807) is 0 Å². The number of phosphoric acid groups is 1. The third-order valence-corrected chi connectivity index (χ3v) is 15.1. The lowest BCUT2D eigenvalue weighted by Crippen LogP contribution is -2.37. The Kier molecular flexibility index (Phi) is 60.7. The van der Waals surface area contributed by atoms with Gasteiger partial charge in [-0.1, -0.05) is 282 Å². The summed E-state index contributed by atoms with van der Waals surface area (Å²) in [5.74, 6) is -0.847. The van der Waals surface area contributed by atoms with Crippen LogP contribution in [0.5, 0.6) is 0 Å². The molecule has 2 atom stereocenters. The predicted octanol–water partition coefficient (Wildman–Crippen LogP) is 21.4. The molecule has 0 aliphatic rings. The lowest BCUT2D eigenvalue weighted by Gasteiger charge is -2.28. The van der Waals surface area contributed by atoms with Gasteiger partial charge in [0.1, 0.15) is 19.8 Å². The molecule has 0 aliphatic carbocycles. The van der Waals surface area contributed by atoms with Crippen LogP contribution >= 0.6 is 7.82 Å². The van der Waals surface area contributed by atoms with E-state index in [0.29, 0.717) is 17.4 Å². The number of hydrogen-bond acceptors (Lipinski definition) is 8. The molecule has 0 saturated carbocycles. The van der Waals surface area contributed by atoms with Crippen molar-refractivity contribution >= 4 is 19.8 Å². The molecule has 0 bridgehead atoms. The van der Waals surface area contributed by atoms with Gasteiger partial charge in [-0.15, -0.1) is 0 Å². The minimum Gasteiger partial charge on any atom is -0.756 e. The summed E-state index contributed by atoms with van der Waals surface area (Å²) in [7, 11) is 1.15. The number of rotatable bonds is 61. The molecule has 0 N–H and O–H groups in total. The van der Waals surface area contributed by atoms with Crippen LogP contribution in [0.15, 0.2) is 134 Å². The number of carbonyl (C=O) groups is 2. The number of nitrogens with zero attached hydrogens (tertiary/aromatic N) is 1. The molecule has 84 heavy (non-hydrogen) atoms. The predicted molar refractivity (Wildman–Crippen MR) is 360 cm³/mol. The smallest absolute Gasteiger partial charge is 0.306 e. The van der Waals surface area contributed by atoms with Crippen LogP contribution in [0.3, 0.4) is 0 Å². The Morgan fingerprint density at radius 3 is 0.952 bits per heavy atom. The summed E-state index contributed by atoms with van der Waals surface area (Å²) >= 11 is 0. The number of allylic oxidation sites excluding steroid dienone is 22. The van der Waals surface area contributed by atoms with Gasteiger partial charge in [-0.05, 0) is 109 Å². The molecule has 0 aliphatic heterocycles. The highest BCUT2D eigenvalue weighted by Crippen LogP contribution is 2.38. The topological polar surface area (TPSA) is 111 Å². The van der Waals surface area contributed by atoms with Crippen LogP contribution in [0.4, 0.5) is 0 Å². The average Bonchev–Trinajstić information content (AvgIpc) is 3.61. The SMILES string of the molecule is CC/C=C\C/C=C\C/C=C\C/C=C\C/C=C\C/C=C\C/C=C\CCCCCCCCCC(=O)OC(COC(=O)CCCCCCCCCCCCCCCCCCCC/C=C\C/C=C\C/C=C\C/C=C\CC)COP(=O)([O-])OCC[N+](C)(C)C. The summed E-state index contributed by atoms with van der Waals surface area (Å²) in [6.45, 7) is 4.01. The van der Waals surface area contributed by atoms with Crippen molar-refractivity contribution in [2.45, 2.75) is 277 Å². The highest BCUT2D eigenvalue weighted by atomic mass is 31.2. The van der Waals surface area contributed by atoms with Gasteiger partial charge >= 0.3 is 11.9 Å². The van der Waals surface area contributed by atoms with Crippen LogP contribution < -0.4 is 4.89 Å². The molecular weight excluding hydrogens is 1060 g/mol. The molecule has 0 heterocycles. The number of esters is 2. The number of quaternary nitrogens is 1. The number of carbonyl (C=O) groups excluding carboxylic acids is 2. The first kappa shape index (κ1) is 80.2. The quantitative estimate of drug-likeness (QED) is 0.0195. The van der Waals surface area contributed by atoms with Gasteiger partial charge in [-0.2, -0.15) is 0 Å². The van der Waals surface area contributed by atoms with Gasteiger partial charge in [0.2, 0.25) is 0 Å². The van der Waals surface area contributed by atoms with E-state index in [2.05, 4.69) is 148 Å². The van der Waals surface area contributed by atoms with Crippen molar-refractivity contribution in [1.29, 1.82) is 0 Å². The molecule has 0 rings (SSSR count). The third-order valence-electron chi connectivity index (χ3n) is 14.2. The summed E-state index contributed by atoms with van der Waals surface area (Å²) in [6.07, 6.45) is 92.3. The number of ether oxygens (including phenoxy) is 2. The molecule has 0 radical (unpaired) electrons. The number of hydrogen-bond donors (Lipinski definition) is 0. The second-order valence-corrected chi connectivity index (χ2v) is 24.8. The second kappa shape index (κ2) is 63.6. The molecule has 10 heteroatoms. The van der Waals surface area contributed by atoms with Crippen molar-refractivity contribution in [2.75, 3.05) is 47.5 Å². The summed E-state index contributed by atoms with van der Waals surface area (Å²) in [5.41, 5.74) is 0. The van der Waals surface area contributed by atoms with Gasteiger partial charge in [-0.3, -0.25) is 14.2 Å². The highest BCUT2D eigenvalue weighted by Gasteiger charge is 2.22. The van der Waals surface area contributed by atoms with Gasteiger partial charge in [0.25, 0.3) is 7.82 Å². The largest absolute Gasteiger partial charge is 0.756 e. The molecule has 480 valence electrons. The molecule has 9 nitrogen and oxygen atoms in total. The lowest BCUT2D eigenvalue weighted by molar-refractivity contribution is -0.870. The van der Waals surface area contributed by atoms with Crippen molar-refractivity contribution in [3.05, 3.63) is 134 Å². The number of likely N-dealkylation sites (N-methyl/N-ethyl adjacent to an activating group) is 1. The van der Waals surface area contributed by atoms with Crippen LogP contribution in [0.2, 0.25) is 0 Å². The maximum absolute atomic E-state index is 12.9. The molecule has 0 saturated heterocycles. The van der Waals surface area contributed by atoms with E-state index in [4.69, 9.17) is 18.5 Å². The van der Waals surface area contributed by atoms with Gasteiger partial charge in [-0.25, -0.2) is 0 Å². The standard InChI is InChI=1S/C74H126NO8P/c1-6-8-10-12-14-16-18-20-22-24-26-28-30-32-34-36-37-39-40-42-44-46-48-50-52-54-56-58-60-62-64-66-73(76)80-70-72(71-82-84(78,79)81-69-68-75(3,4)5)83-74(77)67-65-63-61-59-57-55-53-51-49-47-45-43-41-38-35-33-31-29-27-25-23-21-19-17-15-13-11-9-7-2/h8-11,14-17,20-23,26-29,33,35,41,43,47,49,72H,6-7,12-13,18-19,24-25,30-32,34,36-40,42,44-46,48,50-71H2,1-5H3/b10-8-,11-9-,16-14-,17-15-,22-20-,23-21-,28-26-,29-27-,35-33-,43-41-,49-47-. The molecule has 0 amide bonds. The zero-order chi connectivity index (χ0) is 61.2. The van der Waals surface area contributed by atoms with Crippen molar-refractivity contribution in [3.63, 3.8) is 0 Å². The number of unbranched alkanes of at least 4 members (excludes halogenated alkanes) is 25. The Balaban J connectivity index is 4.11. The molecule has 2 unspecified atom stereocenters. The first-order chi connectivity index (χ1) is 41.0. The summed E-state index contributed by atoms with van der Waals surface area (Å²) in [6, 6.07) is 0. The van der Waals surface area contributed by atoms with E-state index < -0.39 is 26.5 Å². The molecule has 0 aromatic carbocycles. The van der Waals surface area contributed by atoms with Gasteiger partial charge < -0.3 is 27.9 Å². The Labute approximate surface area is 517 Å². The summed E-state index contributed by atoms with van der Waals surface area (Å²) < 4.78 is 34.3. The summed E-state index contributed by atoms with van der Waals surface area (Å²) in [4.78, 5) is 38.1. The Morgan fingerprint density at radius 2 is 0.643 bits per heavy atom. The second-order valence-electron chi connectivity index (χ2n) is 23.4. The minimum atomic E-state index is -4.65. The van der Waals surface area contributed by atoms with Crippen LogP contribution in [0.25, 0.3) is 0 Å². The van der Waals surface area contributed by atoms with Gasteiger partial charge in [0, 0.05) is 12.8 Å². The normalized spacial score (nSPS) is 14.0. The molecule has 0 aromatic heterocycles. The first-order valence-corrected chi connectivity index (χ1v) is 35.4. The van der Waals surface area contributed by atoms with E-state index in [1.165, 1.54) is 122 Å². The Bertz CT molecular complexity index is 1880. The molecule has 0 aromatic rings. The zero-order valence-electron chi connectivity index (χ0n) is 54.6. The maximum Gasteiger partial charge on any atom is 0.306 e. The van der Waals surface area contributed by atoms with Crippen molar-refractivity contribution < 1.29 is 42.1 Å². The van der Waals surface area contributed by atoms with E-state index in [9.17, 15) is 19.0 Å². The maximum atomic E-state index is 12.9. The van der Waals surface area contributed by atoms with Crippen LogP contribution in [0.1, 0.15) is 271 Å². The monoisotopic (exact) mass is 1190 g/mol. The lowest BCUT2D eigenvalue weighted by atomic mass is 10.0. The van der Waals surface area contributed by atoms with Gasteiger partial charge in [0.15, 0.2) is 6.10 Å². The molecule has 0 spiro atoms. The Hall–Kier alpha value is -3.85. The van der Waals surface area contributed by atoms with Crippen molar-refractivity contribution in [2.24, 2.45) is 0 Å². The van der Waals surface area contributed by atoms with Gasteiger partial charge in [0.05, 0.1) is 27.7 Å². The van der Waals surface area contributed by atoms with E-state index >= 15 is 0 Å². The first-order valence-electron chi connectivity index (χ1n) is 33.9. The third kappa shape index (κ3) is 67.3. The fraction of sp³-hybridized carbons (Fsp3) is 0.676. The minimum absolute atomic E-state index is 0.0389. The zero-order valence-corrected chi connectivity index (χ0v) is 55.4. The average molecular weight is 1190 g/mol. The van der Waals surface area contributed by atoms with Crippen molar-refractivity contribution in [3.8, 4) is 0 Å². The molecule has 0 fully saturated rings. The van der Waals surface area contributed by atoms with E-state index in [1.807, 2.05) is 21.1 Å². The van der Waals surface area contributed by atoms with Crippen LogP contribution in [-0.4, -0.2) is 70.0 Å². The highest BCUT2D eigenvalue weighted by molar-refractivity contribution is 7.45. The summed E-state index contributed by atoms with van der Waals surface area (Å²) in [5, 5.41) is 0. The number of phosphoric ester groups is 1. The van der Waals surface area contributed by atoms with E-state index in [0.717, 1.165) is 116 Å². The van der Waals surface area contributed by atoms with Crippen molar-refractivity contribution in [1.82, 2.24) is 0 Å². The fourth-order valence-electron chi connectivity index (χ4n) is 9.04.